The van der Waals surface area contributed by atoms with E-state index in [4.69, 9.17) is 0 Å². The molecule has 188 valence electrons. The molecule has 0 spiro atoms. The highest BCUT2D eigenvalue weighted by Gasteiger charge is 2.09. The molecule has 0 aliphatic rings. The van der Waals surface area contributed by atoms with Gasteiger partial charge < -0.3 is 0 Å². The van der Waals surface area contributed by atoms with Gasteiger partial charge in [0.1, 0.15) is 0 Å². The predicted molar refractivity (Wildman–Crippen MR) is 166 cm³/mol. The Kier molecular flexibility index (Phi) is 7.70. The van der Waals surface area contributed by atoms with E-state index >= 15 is 0 Å². The monoisotopic (exact) mass is 492 g/mol. The Balaban J connectivity index is 0.000000366. The van der Waals surface area contributed by atoms with E-state index in [0.29, 0.717) is 5.92 Å². The van der Waals surface area contributed by atoms with Gasteiger partial charge in [0.15, 0.2) is 0 Å². The van der Waals surface area contributed by atoms with Gasteiger partial charge in [-0.25, -0.2) is 0 Å². The Morgan fingerprint density at radius 2 is 1.05 bits per heavy atom. The number of benzene rings is 6. The van der Waals surface area contributed by atoms with Crippen molar-refractivity contribution in [3.63, 3.8) is 0 Å². The van der Waals surface area contributed by atoms with Crippen molar-refractivity contribution in [1.29, 1.82) is 0 Å². The molecular formula is C38H36. The van der Waals surface area contributed by atoms with E-state index in [1.165, 1.54) is 60.5 Å². The van der Waals surface area contributed by atoms with Crippen LogP contribution in [0.25, 0.3) is 32.7 Å². The quantitative estimate of drug-likeness (QED) is 0.215. The van der Waals surface area contributed by atoms with E-state index in [0.717, 1.165) is 6.42 Å². The lowest BCUT2D eigenvalue weighted by atomic mass is 9.90. The van der Waals surface area contributed by atoms with Crippen LogP contribution in [0.4, 0.5) is 0 Å². The smallest absolute Gasteiger partial charge is 0.00203 e. The molecule has 6 aromatic rings. The molecule has 0 heterocycles. The SMILES string of the molecule is Cc1cc(-c2ccc3cc4ccccc4cc3c2)ccc1Cc1ccccc1C(C)C.Cc1ccccc1. The van der Waals surface area contributed by atoms with Gasteiger partial charge in [0.2, 0.25) is 0 Å². The van der Waals surface area contributed by atoms with E-state index < -0.39 is 0 Å². The Morgan fingerprint density at radius 1 is 0.474 bits per heavy atom. The first kappa shape index (κ1) is 25.5. The summed E-state index contributed by atoms with van der Waals surface area (Å²) in [5, 5.41) is 5.18. The fourth-order valence-corrected chi connectivity index (χ4v) is 5.19. The van der Waals surface area contributed by atoms with Crippen molar-refractivity contribution >= 4 is 21.5 Å². The second-order valence-electron chi connectivity index (χ2n) is 10.6. The van der Waals surface area contributed by atoms with Crippen LogP contribution in [-0.4, -0.2) is 0 Å². The summed E-state index contributed by atoms with van der Waals surface area (Å²) in [6, 6.07) is 46.0. The molecule has 0 heteroatoms. The molecule has 0 radical (unpaired) electrons. The summed E-state index contributed by atoms with van der Waals surface area (Å²) < 4.78 is 0. The summed E-state index contributed by atoms with van der Waals surface area (Å²) in [4.78, 5) is 0. The third-order valence-corrected chi connectivity index (χ3v) is 7.38. The second kappa shape index (κ2) is 11.5. The van der Waals surface area contributed by atoms with Crippen LogP contribution in [0.1, 0.15) is 47.6 Å². The molecule has 0 aliphatic carbocycles. The maximum Gasteiger partial charge on any atom is -0.00203 e. The molecule has 6 aromatic carbocycles. The van der Waals surface area contributed by atoms with Crippen molar-refractivity contribution in [3.8, 4) is 11.1 Å². The lowest BCUT2D eigenvalue weighted by molar-refractivity contribution is 0.848. The van der Waals surface area contributed by atoms with Gasteiger partial charge in [-0.05, 0) is 99.3 Å². The van der Waals surface area contributed by atoms with Gasteiger partial charge >= 0.3 is 0 Å². The summed E-state index contributed by atoms with van der Waals surface area (Å²) >= 11 is 0. The van der Waals surface area contributed by atoms with Crippen LogP contribution in [0.15, 0.2) is 127 Å². The fourth-order valence-electron chi connectivity index (χ4n) is 5.19. The minimum absolute atomic E-state index is 0.546. The normalized spacial score (nSPS) is 11.0. The van der Waals surface area contributed by atoms with Crippen LogP contribution in [0.3, 0.4) is 0 Å². The van der Waals surface area contributed by atoms with E-state index in [-0.39, 0.29) is 0 Å². The van der Waals surface area contributed by atoms with Crippen molar-refractivity contribution in [2.45, 2.75) is 40.0 Å². The Labute approximate surface area is 227 Å². The number of aryl methyl sites for hydroxylation is 2. The zero-order chi connectivity index (χ0) is 26.5. The van der Waals surface area contributed by atoms with Crippen LogP contribution in [-0.2, 0) is 6.42 Å². The lowest BCUT2D eigenvalue weighted by Crippen LogP contribution is -1.99. The summed E-state index contributed by atoms with van der Waals surface area (Å²) in [6.07, 6.45) is 0.990. The summed E-state index contributed by atoms with van der Waals surface area (Å²) in [5.74, 6) is 0.546. The number of hydrogen-bond donors (Lipinski definition) is 0. The molecule has 0 aromatic heterocycles. The van der Waals surface area contributed by atoms with Crippen molar-refractivity contribution in [1.82, 2.24) is 0 Å². The lowest BCUT2D eigenvalue weighted by Gasteiger charge is -2.15. The Hall–Kier alpha value is -4.16. The predicted octanol–water partition coefficient (Wildman–Crippen LogP) is 10.7. The van der Waals surface area contributed by atoms with Gasteiger partial charge in [-0.3, -0.25) is 0 Å². The second-order valence-corrected chi connectivity index (χ2v) is 10.6. The Bertz CT molecular complexity index is 1670. The molecule has 0 nitrogen and oxygen atoms in total. The molecule has 0 bridgehead atoms. The van der Waals surface area contributed by atoms with Gasteiger partial charge in [-0.1, -0.05) is 129 Å². The van der Waals surface area contributed by atoms with Gasteiger partial charge in [0, 0.05) is 0 Å². The first-order chi connectivity index (χ1) is 18.5. The first-order valence-corrected chi connectivity index (χ1v) is 13.6. The molecule has 0 unspecified atom stereocenters. The van der Waals surface area contributed by atoms with Crippen LogP contribution >= 0.6 is 0 Å². The van der Waals surface area contributed by atoms with Crippen LogP contribution in [0, 0.1) is 13.8 Å². The van der Waals surface area contributed by atoms with Crippen molar-refractivity contribution in [3.05, 3.63) is 155 Å². The molecule has 0 atom stereocenters. The molecule has 0 saturated carbocycles. The topological polar surface area (TPSA) is 0 Å². The maximum absolute atomic E-state index is 2.34. The maximum atomic E-state index is 2.34. The van der Waals surface area contributed by atoms with Crippen LogP contribution in [0.2, 0.25) is 0 Å². The summed E-state index contributed by atoms with van der Waals surface area (Å²) in [7, 11) is 0. The molecule has 0 fully saturated rings. The minimum atomic E-state index is 0.546. The zero-order valence-corrected chi connectivity index (χ0v) is 22.9. The molecule has 0 aliphatic heterocycles. The zero-order valence-electron chi connectivity index (χ0n) is 22.9. The average Bonchev–Trinajstić information content (AvgIpc) is 2.93. The number of rotatable bonds is 4. The van der Waals surface area contributed by atoms with Crippen molar-refractivity contribution in [2.24, 2.45) is 0 Å². The van der Waals surface area contributed by atoms with Crippen LogP contribution in [0.5, 0.6) is 0 Å². The summed E-state index contributed by atoms with van der Waals surface area (Å²) in [5.41, 5.74) is 9.54. The third-order valence-electron chi connectivity index (χ3n) is 7.38. The van der Waals surface area contributed by atoms with Crippen molar-refractivity contribution in [2.75, 3.05) is 0 Å². The number of fused-ring (bicyclic) bond motifs is 2. The third kappa shape index (κ3) is 5.87. The minimum Gasteiger partial charge on any atom is -0.0622 e. The molecule has 6 rings (SSSR count). The van der Waals surface area contributed by atoms with Gasteiger partial charge in [-0.15, -0.1) is 0 Å². The highest BCUT2D eigenvalue weighted by Crippen LogP contribution is 2.30. The summed E-state index contributed by atoms with van der Waals surface area (Å²) in [6.45, 7) is 8.88. The fraction of sp³-hybridized carbons (Fsp3) is 0.158. The van der Waals surface area contributed by atoms with Gasteiger partial charge in [0.25, 0.3) is 0 Å². The Morgan fingerprint density at radius 3 is 1.71 bits per heavy atom. The number of hydrogen-bond acceptors (Lipinski definition) is 0. The van der Waals surface area contributed by atoms with Crippen LogP contribution < -0.4 is 0 Å². The molecular weight excluding hydrogens is 456 g/mol. The highest BCUT2D eigenvalue weighted by molar-refractivity contribution is 5.99. The van der Waals surface area contributed by atoms with Gasteiger partial charge in [-0.2, -0.15) is 0 Å². The standard InChI is InChI=1S/C31H28.C7H8/c1-21(2)31-11-7-6-10-29(31)17-23-12-13-26(16-22(23)3)27-14-15-28-18-24-8-4-5-9-25(24)19-30(28)20-27;1-7-5-3-2-4-6-7/h4-16,18-21H,17H2,1-3H3;2-6H,1H3. The van der Waals surface area contributed by atoms with Crippen molar-refractivity contribution < 1.29 is 0 Å². The van der Waals surface area contributed by atoms with E-state index in [1.807, 2.05) is 18.2 Å². The average molecular weight is 493 g/mol. The van der Waals surface area contributed by atoms with E-state index in [2.05, 4.69) is 137 Å². The largest absolute Gasteiger partial charge is 0.0622 e. The molecule has 0 amide bonds. The molecule has 0 N–H and O–H groups in total. The first-order valence-electron chi connectivity index (χ1n) is 13.6. The van der Waals surface area contributed by atoms with E-state index in [9.17, 15) is 0 Å². The van der Waals surface area contributed by atoms with E-state index in [1.54, 1.807) is 0 Å². The molecule has 0 saturated heterocycles. The molecule has 38 heavy (non-hydrogen) atoms. The highest BCUT2D eigenvalue weighted by atomic mass is 14.1. The van der Waals surface area contributed by atoms with Gasteiger partial charge in [0.05, 0.1) is 0 Å².